The SMILES string of the molecule is C[C@@]1(CNC(=O)c2cccc(CC(=O)O)c2)C[C@H]1c1ccccc1. The summed E-state index contributed by atoms with van der Waals surface area (Å²) in [6.07, 6.45) is 0.991. The molecule has 1 saturated carbocycles. The number of aliphatic carboxylic acids is 1. The van der Waals surface area contributed by atoms with E-state index in [9.17, 15) is 9.59 Å². The van der Waals surface area contributed by atoms with E-state index >= 15 is 0 Å². The molecule has 2 atom stereocenters. The molecule has 4 heteroatoms. The molecule has 1 aliphatic carbocycles. The molecule has 2 N–H and O–H groups in total. The van der Waals surface area contributed by atoms with Gasteiger partial charge in [-0.3, -0.25) is 9.59 Å². The highest BCUT2D eigenvalue weighted by molar-refractivity contribution is 5.94. The fourth-order valence-corrected chi connectivity index (χ4v) is 3.19. The molecule has 124 valence electrons. The van der Waals surface area contributed by atoms with E-state index in [-0.39, 0.29) is 17.7 Å². The summed E-state index contributed by atoms with van der Waals surface area (Å²) < 4.78 is 0. The van der Waals surface area contributed by atoms with E-state index in [2.05, 4.69) is 24.4 Å². The molecule has 0 saturated heterocycles. The Morgan fingerprint density at radius 3 is 2.62 bits per heavy atom. The van der Waals surface area contributed by atoms with Crippen molar-refractivity contribution in [2.45, 2.75) is 25.7 Å². The first-order chi connectivity index (χ1) is 11.5. The first-order valence-electron chi connectivity index (χ1n) is 8.12. The Morgan fingerprint density at radius 1 is 1.17 bits per heavy atom. The summed E-state index contributed by atoms with van der Waals surface area (Å²) in [4.78, 5) is 23.1. The van der Waals surface area contributed by atoms with E-state index in [1.165, 1.54) is 5.56 Å². The number of rotatable bonds is 6. The van der Waals surface area contributed by atoms with Crippen LogP contribution < -0.4 is 5.32 Å². The lowest BCUT2D eigenvalue weighted by Crippen LogP contribution is -2.29. The van der Waals surface area contributed by atoms with Gasteiger partial charge in [-0.25, -0.2) is 0 Å². The van der Waals surface area contributed by atoms with Crippen LogP contribution in [0.2, 0.25) is 0 Å². The van der Waals surface area contributed by atoms with E-state index in [0.717, 1.165) is 6.42 Å². The van der Waals surface area contributed by atoms with E-state index in [1.807, 2.05) is 18.2 Å². The zero-order valence-electron chi connectivity index (χ0n) is 13.7. The summed E-state index contributed by atoms with van der Waals surface area (Å²) in [5.41, 5.74) is 2.55. The van der Waals surface area contributed by atoms with Gasteiger partial charge in [-0.15, -0.1) is 0 Å². The number of benzene rings is 2. The monoisotopic (exact) mass is 323 g/mol. The molecule has 0 aromatic heterocycles. The second-order valence-electron chi connectivity index (χ2n) is 6.77. The van der Waals surface area contributed by atoms with Gasteiger partial charge in [0.05, 0.1) is 6.42 Å². The number of nitrogens with one attached hydrogen (secondary N) is 1. The maximum absolute atomic E-state index is 12.3. The quantitative estimate of drug-likeness (QED) is 0.857. The summed E-state index contributed by atoms with van der Waals surface area (Å²) in [5, 5.41) is 11.8. The van der Waals surface area contributed by atoms with E-state index < -0.39 is 5.97 Å². The first kappa shape index (κ1) is 16.2. The van der Waals surface area contributed by atoms with Gasteiger partial charge in [-0.05, 0) is 41.0 Å². The minimum atomic E-state index is -0.899. The van der Waals surface area contributed by atoms with Gasteiger partial charge in [0.25, 0.3) is 5.91 Å². The van der Waals surface area contributed by atoms with Crippen LogP contribution in [0.4, 0.5) is 0 Å². The first-order valence-corrected chi connectivity index (χ1v) is 8.12. The third kappa shape index (κ3) is 3.65. The van der Waals surface area contributed by atoms with Crippen molar-refractivity contribution in [2.75, 3.05) is 6.54 Å². The molecule has 2 aromatic carbocycles. The van der Waals surface area contributed by atoms with E-state index in [4.69, 9.17) is 5.11 Å². The lowest BCUT2D eigenvalue weighted by atomic mass is 10.0. The zero-order valence-corrected chi connectivity index (χ0v) is 13.7. The molecule has 2 aromatic rings. The molecule has 3 rings (SSSR count). The van der Waals surface area contributed by atoms with Crippen molar-refractivity contribution < 1.29 is 14.7 Å². The van der Waals surface area contributed by atoms with Crippen molar-refractivity contribution in [1.82, 2.24) is 5.32 Å². The summed E-state index contributed by atoms with van der Waals surface area (Å²) in [7, 11) is 0. The molecular weight excluding hydrogens is 302 g/mol. The molecule has 0 spiro atoms. The van der Waals surface area contributed by atoms with Gasteiger partial charge >= 0.3 is 5.97 Å². The molecule has 1 aliphatic rings. The van der Waals surface area contributed by atoms with Crippen LogP contribution in [0, 0.1) is 5.41 Å². The average molecular weight is 323 g/mol. The molecule has 4 nitrogen and oxygen atoms in total. The third-order valence-corrected chi connectivity index (χ3v) is 4.75. The minimum absolute atomic E-state index is 0.0745. The summed E-state index contributed by atoms with van der Waals surface area (Å²) in [6, 6.07) is 17.2. The Kier molecular flexibility index (Phi) is 4.38. The van der Waals surface area contributed by atoms with E-state index in [1.54, 1.807) is 24.3 Å². The lowest BCUT2D eigenvalue weighted by molar-refractivity contribution is -0.136. The van der Waals surface area contributed by atoms with Crippen molar-refractivity contribution in [1.29, 1.82) is 0 Å². The van der Waals surface area contributed by atoms with Gasteiger partial charge in [0.15, 0.2) is 0 Å². The highest BCUT2D eigenvalue weighted by Gasteiger charge is 2.50. The Bertz CT molecular complexity index is 756. The topological polar surface area (TPSA) is 66.4 Å². The average Bonchev–Trinajstić information content (AvgIpc) is 3.25. The Balaban J connectivity index is 1.59. The number of carboxylic acids is 1. The van der Waals surface area contributed by atoms with Crippen LogP contribution in [0.5, 0.6) is 0 Å². The standard InChI is InChI=1S/C20H21NO3/c1-20(12-17(20)15-7-3-2-4-8-15)13-21-19(24)16-9-5-6-14(10-16)11-18(22)23/h2-10,17H,11-13H2,1H3,(H,21,24)(H,22,23)/t17-,20-/m0/s1. The molecule has 0 aliphatic heterocycles. The summed E-state index contributed by atoms with van der Waals surface area (Å²) in [6.45, 7) is 2.81. The van der Waals surface area contributed by atoms with Gasteiger partial charge in [-0.1, -0.05) is 49.4 Å². The molecule has 0 heterocycles. The minimum Gasteiger partial charge on any atom is -0.481 e. The number of carbonyl (C=O) groups is 2. The summed E-state index contributed by atoms with van der Waals surface area (Å²) in [5.74, 6) is -0.566. The molecule has 1 fully saturated rings. The predicted molar refractivity (Wildman–Crippen MR) is 92.0 cm³/mol. The van der Waals surface area contributed by atoms with Gasteiger partial charge < -0.3 is 10.4 Å². The van der Waals surface area contributed by atoms with Crippen molar-refractivity contribution in [3.63, 3.8) is 0 Å². The van der Waals surface area contributed by atoms with Crippen LogP contribution in [-0.2, 0) is 11.2 Å². The van der Waals surface area contributed by atoms with Gasteiger partial charge in [0, 0.05) is 12.1 Å². The van der Waals surface area contributed by atoms with Crippen LogP contribution >= 0.6 is 0 Å². The van der Waals surface area contributed by atoms with Crippen LogP contribution in [0.15, 0.2) is 54.6 Å². The van der Waals surface area contributed by atoms with Crippen molar-refractivity contribution >= 4 is 11.9 Å². The second kappa shape index (κ2) is 6.48. The molecule has 24 heavy (non-hydrogen) atoms. The Morgan fingerprint density at radius 2 is 1.92 bits per heavy atom. The zero-order chi connectivity index (χ0) is 17.2. The maximum Gasteiger partial charge on any atom is 0.307 e. The number of hydrogen-bond acceptors (Lipinski definition) is 2. The highest BCUT2D eigenvalue weighted by atomic mass is 16.4. The lowest BCUT2D eigenvalue weighted by Gasteiger charge is -2.13. The van der Waals surface area contributed by atoms with Gasteiger partial charge in [0.1, 0.15) is 0 Å². The van der Waals surface area contributed by atoms with Crippen molar-refractivity contribution in [2.24, 2.45) is 5.41 Å². The molecular formula is C20H21NO3. The van der Waals surface area contributed by atoms with Gasteiger partial charge in [-0.2, -0.15) is 0 Å². The number of hydrogen-bond donors (Lipinski definition) is 2. The highest BCUT2D eigenvalue weighted by Crippen LogP contribution is 2.58. The molecule has 0 radical (unpaired) electrons. The second-order valence-corrected chi connectivity index (χ2v) is 6.77. The van der Waals surface area contributed by atoms with E-state index in [0.29, 0.717) is 23.6 Å². The van der Waals surface area contributed by atoms with Crippen LogP contribution in [-0.4, -0.2) is 23.5 Å². The number of carbonyl (C=O) groups excluding carboxylic acids is 1. The largest absolute Gasteiger partial charge is 0.481 e. The third-order valence-electron chi connectivity index (χ3n) is 4.75. The van der Waals surface area contributed by atoms with Crippen LogP contribution in [0.25, 0.3) is 0 Å². The molecule has 0 bridgehead atoms. The fourth-order valence-electron chi connectivity index (χ4n) is 3.19. The fraction of sp³-hybridized carbons (Fsp3) is 0.300. The maximum atomic E-state index is 12.3. The Labute approximate surface area is 141 Å². The molecule has 1 amide bonds. The Hall–Kier alpha value is -2.62. The van der Waals surface area contributed by atoms with Crippen LogP contribution in [0.1, 0.15) is 40.7 Å². The van der Waals surface area contributed by atoms with Crippen LogP contribution in [0.3, 0.4) is 0 Å². The number of amides is 1. The normalized spacial score (nSPS) is 22.0. The smallest absolute Gasteiger partial charge is 0.307 e. The van der Waals surface area contributed by atoms with Crippen molar-refractivity contribution in [3.8, 4) is 0 Å². The number of carboxylic acid groups (broad SMARTS) is 1. The summed E-state index contributed by atoms with van der Waals surface area (Å²) >= 11 is 0. The van der Waals surface area contributed by atoms with Gasteiger partial charge in [0.2, 0.25) is 0 Å². The predicted octanol–water partition coefficient (Wildman–Crippen LogP) is 3.24. The molecule has 0 unspecified atom stereocenters. The van der Waals surface area contributed by atoms with Crippen molar-refractivity contribution in [3.05, 3.63) is 71.3 Å².